The lowest BCUT2D eigenvalue weighted by Crippen LogP contribution is -2.43. The molecule has 1 amide bonds. The predicted molar refractivity (Wildman–Crippen MR) is 115 cm³/mol. The van der Waals surface area contributed by atoms with Crippen LogP contribution in [0.2, 0.25) is 0 Å². The average molecular weight is 466 g/mol. The topological polar surface area (TPSA) is 57.2 Å². The summed E-state index contributed by atoms with van der Waals surface area (Å²) in [6.07, 6.45) is 8.94. The molecule has 6 nitrogen and oxygen atoms in total. The van der Waals surface area contributed by atoms with Gasteiger partial charge in [0, 0.05) is 40.8 Å². The normalized spacial score (nSPS) is 16.9. The molecule has 1 saturated heterocycles. The number of likely N-dealkylation sites (N-methyl/N-ethyl adjacent to an activating group) is 1. The molecule has 0 radical (unpaired) electrons. The summed E-state index contributed by atoms with van der Waals surface area (Å²) in [7, 11) is 5.52. The Hall–Kier alpha value is -0.830. The number of ether oxygens (including phenoxy) is 1. The van der Waals surface area contributed by atoms with Gasteiger partial charge in [0.05, 0.1) is 6.10 Å². The monoisotopic (exact) mass is 466 g/mol. The van der Waals surface area contributed by atoms with E-state index in [0.717, 1.165) is 51.3 Å². The molecule has 1 N–H and O–H groups in total. The summed E-state index contributed by atoms with van der Waals surface area (Å²) in [5, 5.41) is 3.37. The highest BCUT2D eigenvalue weighted by Crippen LogP contribution is 2.10. The molecular weight excluding hydrogens is 431 g/mol. The van der Waals surface area contributed by atoms with E-state index in [1.54, 1.807) is 19.0 Å². The number of nitrogens with zero attached hydrogens (tertiary/aromatic N) is 3. The van der Waals surface area contributed by atoms with Crippen LogP contribution in [-0.2, 0) is 9.53 Å². The van der Waals surface area contributed by atoms with Crippen LogP contribution in [0.5, 0.6) is 0 Å². The Balaban J connectivity index is 0.00000576. The van der Waals surface area contributed by atoms with Gasteiger partial charge in [0.15, 0.2) is 5.96 Å². The van der Waals surface area contributed by atoms with Crippen molar-refractivity contribution in [2.75, 3.05) is 47.4 Å². The van der Waals surface area contributed by atoms with Crippen LogP contribution in [0.3, 0.4) is 0 Å². The maximum Gasteiger partial charge on any atom is 0.243 e. The van der Waals surface area contributed by atoms with Gasteiger partial charge < -0.3 is 19.9 Å². The highest BCUT2D eigenvalue weighted by Gasteiger charge is 2.17. The molecule has 1 aliphatic heterocycles. The standard InChI is InChI=1S/C18H34N4O2.HI/c1-5-6-7-8-9-12-22(4)18(20-15-17(23)21(2)3)19-14-16-11-10-13-24-16;/h5,16H,1,6-15H2,2-4H3,(H,19,20);1H. The van der Waals surface area contributed by atoms with E-state index in [2.05, 4.69) is 21.8 Å². The number of guanidine groups is 1. The highest BCUT2D eigenvalue weighted by molar-refractivity contribution is 14.0. The molecule has 0 aliphatic carbocycles. The summed E-state index contributed by atoms with van der Waals surface area (Å²) < 4.78 is 5.65. The van der Waals surface area contributed by atoms with Crippen molar-refractivity contribution < 1.29 is 9.53 Å². The molecule has 0 aromatic rings. The lowest BCUT2D eigenvalue weighted by atomic mass is 10.2. The Labute approximate surface area is 170 Å². The molecule has 1 heterocycles. The van der Waals surface area contributed by atoms with Gasteiger partial charge in [-0.3, -0.25) is 4.79 Å². The molecule has 1 unspecified atom stereocenters. The van der Waals surface area contributed by atoms with E-state index in [1.807, 2.05) is 13.1 Å². The van der Waals surface area contributed by atoms with Crippen LogP contribution in [0.15, 0.2) is 17.6 Å². The minimum Gasteiger partial charge on any atom is -0.376 e. The number of hydrogen-bond donors (Lipinski definition) is 1. The van der Waals surface area contributed by atoms with E-state index in [-0.39, 0.29) is 42.5 Å². The number of hydrogen-bond acceptors (Lipinski definition) is 3. The Morgan fingerprint density at radius 3 is 2.68 bits per heavy atom. The molecule has 146 valence electrons. The van der Waals surface area contributed by atoms with Crippen molar-refractivity contribution in [1.82, 2.24) is 15.1 Å². The number of allylic oxidation sites excluding steroid dienone is 1. The predicted octanol–water partition coefficient (Wildman–Crippen LogP) is 2.50. The summed E-state index contributed by atoms with van der Waals surface area (Å²) in [5.74, 6) is 0.787. The van der Waals surface area contributed by atoms with Crippen molar-refractivity contribution in [2.45, 2.75) is 44.6 Å². The smallest absolute Gasteiger partial charge is 0.243 e. The third-order valence-electron chi connectivity index (χ3n) is 4.14. The number of aliphatic imine (C=N–C) groups is 1. The number of unbranched alkanes of at least 4 members (excludes halogenated alkanes) is 3. The second kappa shape index (κ2) is 14.4. The van der Waals surface area contributed by atoms with Crippen LogP contribution < -0.4 is 5.32 Å². The van der Waals surface area contributed by atoms with Crippen molar-refractivity contribution in [3.63, 3.8) is 0 Å². The quantitative estimate of drug-likeness (QED) is 0.177. The number of halogens is 1. The second-order valence-electron chi connectivity index (χ2n) is 6.50. The summed E-state index contributed by atoms with van der Waals surface area (Å²) in [5.41, 5.74) is 0. The summed E-state index contributed by atoms with van der Waals surface area (Å²) in [6.45, 7) is 6.43. The highest BCUT2D eigenvalue weighted by atomic mass is 127. The number of nitrogens with one attached hydrogen (secondary N) is 1. The molecule has 0 aromatic heterocycles. The Kier molecular flexibility index (Phi) is 13.9. The van der Waals surface area contributed by atoms with E-state index in [4.69, 9.17) is 4.74 Å². The molecule has 1 fully saturated rings. The van der Waals surface area contributed by atoms with Crippen LogP contribution in [0, 0.1) is 0 Å². The van der Waals surface area contributed by atoms with Crippen molar-refractivity contribution in [3.8, 4) is 0 Å². The third-order valence-corrected chi connectivity index (χ3v) is 4.14. The van der Waals surface area contributed by atoms with Gasteiger partial charge in [-0.15, -0.1) is 30.6 Å². The van der Waals surface area contributed by atoms with Gasteiger partial charge in [-0.25, -0.2) is 4.99 Å². The van der Waals surface area contributed by atoms with Crippen LogP contribution in [-0.4, -0.2) is 75.2 Å². The van der Waals surface area contributed by atoms with Crippen LogP contribution in [0.4, 0.5) is 0 Å². The fourth-order valence-electron chi connectivity index (χ4n) is 2.53. The van der Waals surface area contributed by atoms with Crippen molar-refractivity contribution >= 4 is 35.8 Å². The van der Waals surface area contributed by atoms with E-state index < -0.39 is 0 Å². The summed E-state index contributed by atoms with van der Waals surface area (Å²) in [6, 6.07) is 0. The van der Waals surface area contributed by atoms with E-state index in [0.29, 0.717) is 0 Å². The molecular formula is C18H35IN4O2. The van der Waals surface area contributed by atoms with E-state index in [9.17, 15) is 4.79 Å². The summed E-state index contributed by atoms with van der Waals surface area (Å²) in [4.78, 5) is 20.0. The van der Waals surface area contributed by atoms with Crippen molar-refractivity contribution in [2.24, 2.45) is 4.99 Å². The number of rotatable bonds is 10. The van der Waals surface area contributed by atoms with Crippen LogP contribution in [0.25, 0.3) is 0 Å². The number of carbonyl (C=O) groups is 1. The largest absolute Gasteiger partial charge is 0.376 e. The van der Waals surface area contributed by atoms with Gasteiger partial charge in [-0.05, 0) is 32.1 Å². The zero-order valence-electron chi connectivity index (χ0n) is 16.0. The molecule has 1 rings (SSSR count). The van der Waals surface area contributed by atoms with Gasteiger partial charge in [0.25, 0.3) is 0 Å². The zero-order valence-corrected chi connectivity index (χ0v) is 18.3. The van der Waals surface area contributed by atoms with Gasteiger partial charge in [-0.1, -0.05) is 12.5 Å². The zero-order chi connectivity index (χ0) is 17.8. The minimum atomic E-state index is 0. The van der Waals surface area contributed by atoms with Gasteiger partial charge in [-0.2, -0.15) is 0 Å². The number of amides is 1. The average Bonchev–Trinajstić information content (AvgIpc) is 3.07. The Morgan fingerprint density at radius 1 is 1.32 bits per heavy atom. The SMILES string of the molecule is C=CCCCCCN(C)C(=NCC(=O)N(C)C)NCC1CCCO1.I. The third kappa shape index (κ3) is 10.7. The number of carbonyl (C=O) groups excluding carboxylic acids is 1. The second-order valence-corrected chi connectivity index (χ2v) is 6.50. The molecule has 1 aliphatic rings. The van der Waals surface area contributed by atoms with Crippen molar-refractivity contribution in [1.29, 1.82) is 0 Å². The first kappa shape index (κ1) is 24.2. The first-order chi connectivity index (χ1) is 11.5. The Morgan fingerprint density at radius 2 is 2.08 bits per heavy atom. The fourth-order valence-corrected chi connectivity index (χ4v) is 2.53. The van der Waals surface area contributed by atoms with Crippen LogP contribution in [0.1, 0.15) is 38.5 Å². The minimum absolute atomic E-state index is 0. The van der Waals surface area contributed by atoms with Gasteiger partial charge >= 0.3 is 0 Å². The lowest BCUT2D eigenvalue weighted by molar-refractivity contribution is -0.127. The molecule has 1 atom stereocenters. The van der Waals surface area contributed by atoms with Crippen molar-refractivity contribution in [3.05, 3.63) is 12.7 Å². The lowest BCUT2D eigenvalue weighted by Gasteiger charge is -2.24. The first-order valence-electron chi connectivity index (χ1n) is 8.96. The molecule has 25 heavy (non-hydrogen) atoms. The maximum atomic E-state index is 11.8. The molecule has 0 aromatic carbocycles. The maximum absolute atomic E-state index is 11.8. The van der Waals surface area contributed by atoms with Crippen LogP contribution >= 0.6 is 24.0 Å². The Bertz CT molecular complexity index is 410. The van der Waals surface area contributed by atoms with Gasteiger partial charge in [0.1, 0.15) is 6.54 Å². The van der Waals surface area contributed by atoms with Gasteiger partial charge in [0.2, 0.25) is 5.91 Å². The summed E-state index contributed by atoms with van der Waals surface area (Å²) >= 11 is 0. The van der Waals surface area contributed by atoms with E-state index in [1.165, 1.54) is 12.8 Å². The van der Waals surface area contributed by atoms with E-state index >= 15 is 0 Å². The first-order valence-corrected chi connectivity index (χ1v) is 8.96. The molecule has 0 saturated carbocycles. The fraction of sp³-hybridized carbons (Fsp3) is 0.778. The molecule has 7 heteroatoms. The molecule has 0 bridgehead atoms. The molecule has 0 spiro atoms.